The first kappa shape index (κ1) is 80.4. The minimum Gasteiger partial charge on any atom is -0.504 e. The largest absolute Gasteiger partial charge is 0.504 e. The van der Waals surface area contributed by atoms with Gasteiger partial charge < -0.3 is 106 Å². The van der Waals surface area contributed by atoms with Crippen LogP contribution in [-0.2, 0) is 49.3 Å². The molecule has 4 aromatic rings. The van der Waals surface area contributed by atoms with E-state index in [-0.39, 0.29) is 48.4 Å². The van der Waals surface area contributed by atoms with Crippen molar-refractivity contribution >= 4 is 65.0 Å². The van der Waals surface area contributed by atoms with Crippen molar-refractivity contribution in [3.63, 3.8) is 0 Å². The number of methoxy groups -OCH3 is 1. The summed E-state index contributed by atoms with van der Waals surface area (Å²) in [5.74, 6) is -8.87. The Hall–Kier alpha value is -7.30. The number of amides is 7. The molecule has 3 aromatic carbocycles. The molecule has 35 heteroatoms. The van der Waals surface area contributed by atoms with Gasteiger partial charge in [0.25, 0.3) is 18.2 Å². The van der Waals surface area contributed by atoms with Crippen LogP contribution in [-0.4, -0.2) is 275 Å². The van der Waals surface area contributed by atoms with Gasteiger partial charge in [-0.15, -0.1) is 10.2 Å². The molecule has 0 bridgehead atoms. The summed E-state index contributed by atoms with van der Waals surface area (Å²) in [6, 6.07) is 4.98. The van der Waals surface area contributed by atoms with E-state index in [1.165, 1.54) is 68.6 Å². The molecule has 4 aliphatic rings. The van der Waals surface area contributed by atoms with Crippen molar-refractivity contribution in [1.82, 2.24) is 56.8 Å². The fourth-order valence-corrected chi connectivity index (χ4v) is 13.9. The Morgan fingerprint density at radius 2 is 1.38 bits per heavy atom. The van der Waals surface area contributed by atoms with Crippen LogP contribution in [0.5, 0.6) is 17.2 Å². The number of phenolic OH excluding ortho intramolecular Hbond substituents is 1. The fraction of sp³-hybridized carbons (Fsp3) is 0.597. The number of ether oxygens (including phenoxy) is 2. The van der Waals surface area contributed by atoms with Gasteiger partial charge in [-0.05, 0) is 106 Å². The Bertz CT molecular complexity index is 3370. The summed E-state index contributed by atoms with van der Waals surface area (Å²) in [6.45, 7) is 3.57. The van der Waals surface area contributed by atoms with Gasteiger partial charge in [-0.25, -0.2) is 5.26 Å². The first-order valence-corrected chi connectivity index (χ1v) is 35.7. The van der Waals surface area contributed by atoms with Gasteiger partial charge in [0.2, 0.25) is 35.4 Å². The summed E-state index contributed by atoms with van der Waals surface area (Å²) in [6.07, 6.45) is -3.47. The number of unbranched alkanes of at least 4 members (excludes halogenated alkanes) is 5. The molecule has 0 radical (unpaired) electrons. The molecule has 5 heterocycles. The summed E-state index contributed by atoms with van der Waals surface area (Å²) in [7, 11) is 1.74. The highest BCUT2D eigenvalue weighted by Gasteiger charge is 2.50. The zero-order valence-electron chi connectivity index (χ0n) is 57.0. The maximum absolute atomic E-state index is 15.0. The molecule has 0 saturated carbocycles. The minimum absolute atomic E-state index is 0.0105. The number of likely N-dealkylation sites (tertiary alicyclic amines) is 1. The van der Waals surface area contributed by atoms with Crippen LogP contribution < -0.4 is 40.8 Å². The number of phenols is 1. The second-order valence-corrected chi connectivity index (χ2v) is 27.6. The smallest absolute Gasteiger partial charge is 0.261 e. The highest BCUT2D eigenvalue weighted by Crippen LogP contribution is 2.34. The summed E-state index contributed by atoms with van der Waals surface area (Å²) < 4.78 is 20.9. The fourth-order valence-electron chi connectivity index (χ4n) is 12.8. The molecule has 1 aromatic heterocycles. The number of carbonyl (C=O) groups is 7. The molecule has 0 spiro atoms. The number of hydrogen-bond acceptors (Lipinski definition) is 28. The van der Waals surface area contributed by atoms with Crippen LogP contribution in [0.2, 0.25) is 0 Å². The number of nitrogens with zero attached hydrogens (tertiary/aromatic N) is 5. The number of hydrogen-bond donors (Lipinski definition) is 16. The summed E-state index contributed by atoms with van der Waals surface area (Å²) in [5, 5.41) is 136. The molecule has 33 nitrogen and oxygen atoms in total. The number of aromatic nitrogens is 2. The van der Waals surface area contributed by atoms with Gasteiger partial charge >= 0.3 is 0 Å². The first-order chi connectivity index (χ1) is 49.0. The Balaban J connectivity index is 1.01. The van der Waals surface area contributed by atoms with Gasteiger partial charge in [-0.2, -0.15) is 0 Å². The number of nitrogens with one attached hydrogen (secondary N) is 6. The minimum atomic E-state index is -2.16. The average Bonchev–Trinajstić information content (AvgIpc) is 1.63. The van der Waals surface area contributed by atoms with Gasteiger partial charge in [-0.1, -0.05) is 71.5 Å². The third-order valence-corrected chi connectivity index (χ3v) is 19.9. The number of aliphatic hydroxyl groups excluding tert-OH is 8. The van der Waals surface area contributed by atoms with Crippen molar-refractivity contribution in [1.29, 1.82) is 0 Å². The third kappa shape index (κ3) is 22.4. The number of aromatic hydroxyl groups is 1. The molecule has 16 N–H and O–H groups in total. The van der Waals surface area contributed by atoms with E-state index in [9.17, 15) is 74.7 Å². The van der Waals surface area contributed by atoms with Crippen LogP contribution in [0.3, 0.4) is 0 Å². The number of benzene rings is 3. The van der Waals surface area contributed by atoms with Gasteiger partial charge in [0.15, 0.2) is 11.5 Å². The van der Waals surface area contributed by atoms with E-state index in [1.807, 2.05) is 24.3 Å². The third-order valence-electron chi connectivity index (χ3n) is 18.5. The lowest BCUT2D eigenvalue weighted by Gasteiger charge is -2.34. The predicted molar refractivity (Wildman–Crippen MR) is 367 cm³/mol. The molecule has 102 heavy (non-hydrogen) atoms. The van der Waals surface area contributed by atoms with Crippen LogP contribution in [0, 0.1) is 5.92 Å². The molecule has 562 valence electrons. The molecule has 0 aliphatic carbocycles. The highest BCUT2D eigenvalue weighted by molar-refractivity contribution is 7.90. The average molecular weight is 1470 g/mol. The van der Waals surface area contributed by atoms with E-state index in [0.29, 0.717) is 15.6 Å². The van der Waals surface area contributed by atoms with E-state index in [0.717, 1.165) is 85.7 Å². The van der Waals surface area contributed by atoms with Crippen LogP contribution in [0.15, 0.2) is 66.7 Å². The number of aliphatic hydroxyl groups is 8. The molecule has 4 saturated heterocycles. The lowest BCUT2D eigenvalue weighted by Crippen LogP contribution is -2.64. The topological polar surface area (TPSA) is 476 Å². The van der Waals surface area contributed by atoms with E-state index >= 15 is 4.79 Å². The predicted octanol–water partition coefficient (Wildman–Crippen LogP) is -0.947. The van der Waals surface area contributed by atoms with Crippen molar-refractivity contribution < 1.29 is 108 Å². The summed E-state index contributed by atoms with van der Waals surface area (Å²) in [4.78, 5) is 107. The van der Waals surface area contributed by atoms with Gasteiger partial charge in [0.1, 0.15) is 58.1 Å². The van der Waals surface area contributed by atoms with Crippen LogP contribution >= 0.6 is 23.7 Å². The number of β-amino-alcohol motifs (C(OH)–C–C–N with tert-alkyl or cyclic N) is 1. The molecule has 0 unspecified atom stereocenters. The van der Waals surface area contributed by atoms with Crippen molar-refractivity contribution in [3.05, 3.63) is 77.9 Å². The highest BCUT2D eigenvalue weighted by atomic mass is 32.2. The van der Waals surface area contributed by atoms with E-state index in [2.05, 4.69) is 56.4 Å². The molecule has 4 fully saturated rings. The van der Waals surface area contributed by atoms with Crippen molar-refractivity contribution in [3.8, 4) is 38.4 Å². The number of piperidine rings is 1. The van der Waals surface area contributed by atoms with Crippen molar-refractivity contribution in [2.75, 3.05) is 72.7 Å². The van der Waals surface area contributed by atoms with Crippen LogP contribution in [0.1, 0.15) is 100 Å². The molecule has 8 rings (SSSR count). The SMILES string of the molecule is COCCCCCCCCN1CCC(Oc2ccc(-c3nnc(-c4ccc(C(=O)N[C@H]5C[C@@H](O)CNC(=O)[C@@H]6[C@@H](O)[C@@H](C)CN6C(=O)[C@H]([C@H](O)CCNC(CO)CO)NC(=O)[C@H]([C@H](O)Cc6ccc(O)c(OSOOO)c6)NC(=O)[C@@H]6C[C@@H](O)CN6C(=O)[C@H]([C@@H](C)O)NC5=O)cc4)s3)cc2)CC1. The maximum atomic E-state index is 15.0. The van der Waals surface area contributed by atoms with Gasteiger partial charge in [0, 0.05) is 88.3 Å². The van der Waals surface area contributed by atoms with E-state index < -0.39 is 184 Å². The standard InChI is InChI=1S/C67H95N11O22S2/c1-37-33-78-57(58(37)87)63(92)69-32-44(82)30-48(70-59(88)40-11-13-41(14-12-40)64-74-75-65(101-64)42-15-17-46(18-16-42)97-47-21-25-76(26-22-47)24-8-6-4-5-7-9-27-96-3)60(89)71-54(38(2)81)66(93)77-34-45(83)31-49(77)61(90)72-55(52(86)28-39-10-19-50(84)53(29-39)98-102-100-99-95)62(91)73-56(67(78)94)51(85)20-23-68-43(35-79)36-80/h10-19,29,37-38,43-45,47-49,51-52,54-58,68,79-87,95H,4-9,20-28,30-36H2,1-3H3,(H,69,92)(H,70,88)(H,71,89)(H,72,90)(H,73,91)/t37-,38+,44+,45+,48-,49-,51+,52+,54-,55-,56-,57-,58-/m0/s1. The summed E-state index contributed by atoms with van der Waals surface area (Å²) in [5.41, 5.74) is 1.51. The van der Waals surface area contributed by atoms with Crippen LogP contribution in [0.4, 0.5) is 0 Å². The normalized spacial score (nSPS) is 24.8. The molecular weight excluding hydrogens is 1370 g/mol. The monoisotopic (exact) mass is 1470 g/mol. The second kappa shape index (κ2) is 39.5. The van der Waals surface area contributed by atoms with E-state index in [4.69, 9.17) is 18.9 Å². The Morgan fingerprint density at radius 3 is 2.04 bits per heavy atom. The second-order valence-electron chi connectivity index (χ2n) is 26.2. The lowest BCUT2D eigenvalue weighted by atomic mass is 9.98. The number of fused-ring (bicyclic) bond motifs is 2. The van der Waals surface area contributed by atoms with Crippen molar-refractivity contribution in [2.24, 2.45) is 5.92 Å². The zero-order chi connectivity index (χ0) is 73.6. The summed E-state index contributed by atoms with van der Waals surface area (Å²) >= 11 is 1.37. The quantitative estimate of drug-likeness (QED) is 0.0130. The number of carbonyl (C=O) groups excluding carboxylic acids is 7. The lowest BCUT2D eigenvalue weighted by molar-refractivity contribution is -0.433. The van der Waals surface area contributed by atoms with Crippen LogP contribution in [0.25, 0.3) is 21.1 Å². The molecular formula is C67H95N11O22S2. The molecule has 13 atom stereocenters. The maximum Gasteiger partial charge on any atom is 0.261 e. The Labute approximate surface area is 597 Å². The van der Waals surface area contributed by atoms with E-state index in [1.54, 1.807) is 19.2 Å². The Kier molecular flexibility index (Phi) is 31.2. The van der Waals surface area contributed by atoms with Gasteiger partial charge in [0.05, 0.1) is 55.9 Å². The first-order valence-electron chi connectivity index (χ1n) is 34.2. The molecule has 4 aliphatic heterocycles. The molecule has 7 amide bonds. The van der Waals surface area contributed by atoms with Gasteiger partial charge in [-0.3, -0.25) is 33.6 Å². The van der Waals surface area contributed by atoms with Crippen molar-refractivity contribution in [2.45, 2.75) is 176 Å². The Morgan fingerprint density at radius 1 is 0.745 bits per heavy atom. The zero-order valence-corrected chi connectivity index (χ0v) is 58.6. The number of rotatable bonds is 30.